The SMILES string of the molecule is CC(C)[C@H]1CC[C@H](O)C[C@H]1O. The minimum atomic E-state index is -0.279. The Kier molecular flexibility index (Phi) is 2.90. The summed E-state index contributed by atoms with van der Waals surface area (Å²) in [6.45, 7) is 4.26. The first kappa shape index (κ1) is 9.01. The van der Waals surface area contributed by atoms with E-state index in [0.29, 0.717) is 18.3 Å². The molecule has 2 heteroatoms. The molecule has 0 bridgehead atoms. The normalized spacial score (nSPS) is 39.5. The third-order valence-corrected chi connectivity index (χ3v) is 2.70. The van der Waals surface area contributed by atoms with Crippen LogP contribution in [0.2, 0.25) is 0 Å². The highest BCUT2D eigenvalue weighted by molar-refractivity contribution is 4.80. The van der Waals surface area contributed by atoms with E-state index in [2.05, 4.69) is 13.8 Å². The molecule has 11 heavy (non-hydrogen) atoms. The van der Waals surface area contributed by atoms with Crippen molar-refractivity contribution in [3.63, 3.8) is 0 Å². The zero-order valence-electron chi connectivity index (χ0n) is 7.33. The van der Waals surface area contributed by atoms with Gasteiger partial charge in [0.15, 0.2) is 0 Å². The number of rotatable bonds is 1. The van der Waals surface area contributed by atoms with Gasteiger partial charge in [-0.2, -0.15) is 0 Å². The van der Waals surface area contributed by atoms with Crippen LogP contribution in [0.3, 0.4) is 0 Å². The van der Waals surface area contributed by atoms with Crippen LogP contribution >= 0.6 is 0 Å². The largest absolute Gasteiger partial charge is 0.393 e. The Bertz CT molecular complexity index is 123. The molecule has 0 spiro atoms. The van der Waals surface area contributed by atoms with Crippen molar-refractivity contribution >= 4 is 0 Å². The summed E-state index contributed by atoms with van der Waals surface area (Å²) in [5, 5.41) is 18.8. The molecule has 1 rings (SSSR count). The van der Waals surface area contributed by atoms with Crippen molar-refractivity contribution in [1.82, 2.24) is 0 Å². The van der Waals surface area contributed by atoms with E-state index in [1.807, 2.05) is 0 Å². The number of hydrogen-bond donors (Lipinski definition) is 2. The van der Waals surface area contributed by atoms with Gasteiger partial charge >= 0.3 is 0 Å². The standard InChI is InChI=1S/C9H18O2/c1-6(2)8-4-3-7(10)5-9(8)11/h6-11H,3-5H2,1-2H3/t7-,8+,9+/m0/s1. The fourth-order valence-electron chi connectivity index (χ4n) is 1.93. The van der Waals surface area contributed by atoms with Crippen LogP contribution in [0.1, 0.15) is 33.1 Å². The molecule has 1 aliphatic rings. The minimum absolute atomic E-state index is 0.264. The summed E-state index contributed by atoms with van der Waals surface area (Å²) < 4.78 is 0. The van der Waals surface area contributed by atoms with Crippen molar-refractivity contribution in [3.05, 3.63) is 0 Å². The van der Waals surface area contributed by atoms with Crippen LogP contribution in [-0.2, 0) is 0 Å². The molecule has 0 aromatic heterocycles. The average Bonchev–Trinajstić information content (AvgIpc) is 1.85. The Labute approximate surface area is 68.2 Å². The molecule has 0 aromatic carbocycles. The van der Waals surface area contributed by atoms with Crippen molar-refractivity contribution in [1.29, 1.82) is 0 Å². The number of aliphatic hydroxyl groups is 2. The Morgan fingerprint density at radius 3 is 2.27 bits per heavy atom. The molecule has 0 saturated heterocycles. The molecule has 0 radical (unpaired) electrons. The van der Waals surface area contributed by atoms with Gasteiger partial charge in [0.05, 0.1) is 12.2 Å². The van der Waals surface area contributed by atoms with E-state index in [1.165, 1.54) is 0 Å². The molecule has 0 heterocycles. The minimum Gasteiger partial charge on any atom is -0.393 e. The Balaban J connectivity index is 2.44. The Morgan fingerprint density at radius 2 is 1.82 bits per heavy atom. The number of hydrogen-bond acceptors (Lipinski definition) is 2. The second-order valence-electron chi connectivity index (χ2n) is 3.94. The van der Waals surface area contributed by atoms with Gasteiger partial charge in [-0.25, -0.2) is 0 Å². The third-order valence-electron chi connectivity index (χ3n) is 2.70. The quantitative estimate of drug-likeness (QED) is 0.601. The molecule has 0 unspecified atom stereocenters. The zero-order chi connectivity index (χ0) is 8.43. The lowest BCUT2D eigenvalue weighted by molar-refractivity contribution is -0.0142. The van der Waals surface area contributed by atoms with Crippen LogP contribution in [0, 0.1) is 11.8 Å². The lowest BCUT2D eigenvalue weighted by Gasteiger charge is -2.33. The summed E-state index contributed by atoms with van der Waals surface area (Å²) in [7, 11) is 0. The Hall–Kier alpha value is -0.0800. The van der Waals surface area contributed by atoms with Gasteiger partial charge in [0.25, 0.3) is 0 Å². The predicted octanol–water partition coefficient (Wildman–Crippen LogP) is 1.16. The van der Waals surface area contributed by atoms with Crippen molar-refractivity contribution in [2.45, 2.75) is 45.3 Å². The molecular formula is C9H18O2. The fraction of sp³-hybridized carbons (Fsp3) is 1.00. The maximum absolute atomic E-state index is 9.55. The van der Waals surface area contributed by atoms with Crippen molar-refractivity contribution in [2.75, 3.05) is 0 Å². The highest BCUT2D eigenvalue weighted by Gasteiger charge is 2.29. The van der Waals surface area contributed by atoms with Crippen LogP contribution in [0.15, 0.2) is 0 Å². The molecule has 2 N–H and O–H groups in total. The van der Waals surface area contributed by atoms with E-state index in [1.54, 1.807) is 0 Å². The molecule has 0 aliphatic heterocycles. The summed E-state index contributed by atoms with van der Waals surface area (Å²) in [4.78, 5) is 0. The average molecular weight is 158 g/mol. The topological polar surface area (TPSA) is 40.5 Å². The first-order valence-corrected chi connectivity index (χ1v) is 4.47. The van der Waals surface area contributed by atoms with Gasteiger partial charge < -0.3 is 10.2 Å². The lowest BCUT2D eigenvalue weighted by Crippen LogP contribution is -2.34. The lowest BCUT2D eigenvalue weighted by atomic mass is 9.78. The molecule has 0 amide bonds. The van der Waals surface area contributed by atoms with E-state index in [9.17, 15) is 10.2 Å². The molecule has 1 fully saturated rings. The summed E-state index contributed by atoms with van der Waals surface area (Å²) in [5.74, 6) is 0.941. The van der Waals surface area contributed by atoms with Crippen LogP contribution < -0.4 is 0 Å². The first-order valence-electron chi connectivity index (χ1n) is 4.47. The van der Waals surface area contributed by atoms with E-state index in [-0.39, 0.29) is 12.2 Å². The van der Waals surface area contributed by atoms with Crippen molar-refractivity contribution in [3.8, 4) is 0 Å². The van der Waals surface area contributed by atoms with Gasteiger partial charge in [0, 0.05) is 0 Å². The maximum atomic E-state index is 9.55. The number of aliphatic hydroxyl groups excluding tert-OH is 2. The molecule has 1 aliphatic carbocycles. The Morgan fingerprint density at radius 1 is 1.18 bits per heavy atom. The molecule has 2 nitrogen and oxygen atoms in total. The molecule has 0 aromatic rings. The summed E-state index contributed by atoms with van der Waals surface area (Å²) in [6, 6.07) is 0. The third kappa shape index (κ3) is 2.17. The van der Waals surface area contributed by atoms with E-state index in [4.69, 9.17) is 0 Å². The van der Waals surface area contributed by atoms with Gasteiger partial charge in [0.2, 0.25) is 0 Å². The monoisotopic (exact) mass is 158 g/mol. The summed E-state index contributed by atoms with van der Waals surface area (Å²) in [6.07, 6.45) is 1.86. The second-order valence-corrected chi connectivity index (χ2v) is 3.94. The summed E-state index contributed by atoms with van der Waals surface area (Å²) >= 11 is 0. The maximum Gasteiger partial charge on any atom is 0.0595 e. The van der Waals surface area contributed by atoms with Gasteiger partial charge in [-0.1, -0.05) is 13.8 Å². The predicted molar refractivity (Wildman–Crippen MR) is 44.2 cm³/mol. The zero-order valence-corrected chi connectivity index (χ0v) is 7.33. The van der Waals surface area contributed by atoms with Crippen LogP contribution in [-0.4, -0.2) is 22.4 Å². The smallest absolute Gasteiger partial charge is 0.0595 e. The van der Waals surface area contributed by atoms with Gasteiger partial charge in [-0.15, -0.1) is 0 Å². The van der Waals surface area contributed by atoms with Crippen LogP contribution in [0.25, 0.3) is 0 Å². The van der Waals surface area contributed by atoms with Crippen molar-refractivity contribution < 1.29 is 10.2 Å². The van der Waals surface area contributed by atoms with Gasteiger partial charge in [0.1, 0.15) is 0 Å². The molecule has 1 saturated carbocycles. The van der Waals surface area contributed by atoms with E-state index in [0.717, 1.165) is 12.8 Å². The van der Waals surface area contributed by atoms with Crippen molar-refractivity contribution in [2.24, 2.45) is 11.8 Å². The first-order chi connectivity index (χ1) is 5.11. The van der Waals surface area contributed by atoms with Crippen LogP contribution in [0.4, 0.5) is 0 Å². The van der Waals surface area contributed by atoms with E-state index < -0.39 is 0 Å². The fourth-order valence-corrected chi connectivity index (χ4v) is 1.93. The second kappa shape index (κ2) is 3.55. The molecule has 3 atom stereocenters. The highest BCUT2D eigenvalue weighted by Crippen LogP contribution is 2.30. The summed E-state index contributed by atoms with van der Waals surface area (Å²) in [5.41, 5.74) is 0. The van der Waals surface area contributed by atoms with Gasteiger partial charge in [-0.05, 0) is 31.1 Å². The van der Waals surface area contributed by atoms with Crippen LogP contribution in [0.5, 0.6) is 0 Å². The van der Waals surface area contributed by atoms with Gasteiger partial charge in [-0.3, -0.25) is 0 Å². The molecular weight excluding hydrogens is 140 g/mol. The van der Waals surface area contributed by atoms with E-state index >= 15 is 0 Å². The highest BCUT2D eigenvalue weighted by atomic mass is 16.3. The molecule has 66 valence electrons.